The van der Waals surface area contributed by atoms with Crippen LogP contribution in [0.2, 0.25) is 0 Å². The molecule has 0 aliphatic carbocycles. The molecule has 0 aromatic carbocycles. The van der Waals surface area contributed by atoms with Crippen LogP contribution in [-0.4, -0.2) is 36.0 Å². The van der Waals surface area contributed by atoms with Crippen LogP contribution in [0.3, 0.4) is 0 Å². The molecule has 0 aromatic rings. The molecule has 0 fully saturated rings. The number of rotatable bonds is 10. The maximum absolute atomic E-state index is 10.4. The summed E-state index contributed by atoms with van der Waals surface area (Å²) in [5.41, 5.74) is 0. The van der Waals surface area contributed by atoms with Gasteiger partial charge in [-0.15, -0.1) is 0 Å². The van der Waals surface area contributed by atoms with Crippen molar-refractivity contribution in [1.29, 1.82) is 0 Å². The first-order valence-corrected chi connectivity index (χ1v) is 7.06. The zero-order valence-electron chi connectivity index (χ0n) is 9.22. The third kappa shape index (κ3) is 14.1. The summed E-state index contributed by atoms with van der Waals surface area (Å²) in [6.45, 7) is 3.47. The summed E-state index contributed by atoms with van der Waals surface area (Å²) in [6.07, 6.45) is 4.10. The molecule has 0 saturated heterocycles. The smallest absolute Gasteiger partial charge is 0.350 e. The van der Waals surface area contributed by atoms with Gasteiger partial charge in [-0.2, -0.15) is 0 Å². The number of ether oxygens (including phenoxy) is 2. The molecule has 5 nitrogen and oxygen atoms in total. The molecule has 0 atom stereocenters. The van der Waals surface area contributed by atoms with Gasteiger partial charge >= 0.3 is 7.60 Å². The highest BCUT2D eigenvalue weighted by molar-refractivity contribution is 7.51. The molecule has 0 heterocycles. The average Bonchev–Trinajstić information content (AvgIpc) is 2.14. The van der Waals surface area contributed by atoms with Gasteiger partial charge in [0.1, 0.15) is 6.35 Å². The molecule has 0 spiro atoms. The first-order valence-electron chi connectivity index (χ1n) is 5.26. The monoisotopic (exact) mass is 240 g/mol. The fourth-order valence-corrected chi connectivity index (χ4v) is 1.40. The van der Waals surface area contributed by atoms with E-state index in [2.05, 4.69) is 6.92 Å². The number of unbranched alkanes of at least 4 members (excludes halogenated alkanes) is 3. The van der Waals surface area contributed by atoms with E-state index < -0.39 is 13.9 Å². The van der Waals surface area contributed by atoms with E-state index in [1.54, 1.807) is 0 Å². The first kappa shape index (κ1) is 15.1. The van der Waals surface area contributed by atoms with Crippen LogP contribution in [0.5, 0.6) is 0 Å². The molecule has 15 heavy (non-hydrogen) atoms. The number of hydrogen-bond donors (Lipinski definition) is 2. The van der Waals surface area contributed by atoms with Crippen molar-refractivity contribution in [2.24, 2.45) is 0 Å². The lowest BCUT2D eigenvalue weighted by Gasteiger charge is -2.06. The summed E-state index contributed by atoms with van der Waals surface area (Å²) in [7, 11) is -4.01. The largest absolute Gasteiger partial charge is 0.379 e. The van der Waals surface area contributed by atoms with Crippen molar-refractivity contribution < 1.29 is 23.8 Å². The Hall–Kier alpha value is 0.0700. The topological polar surface area (TPSA) is 76.0 Å². The summed E-state index contributed by atoms with van der Waals surface area (Å²) in [4.78, 5) is 16.9. The van der Waals surface area contributed by atoms with Crippen molar-refractivity contribution >= 4 is 7.60 Å². The van der Waals surface area contributed by atoms with Crippen LogP contribution in [-0.2, 0) is 14.0 Å². The van der Waals surface area contributed by atoms with Crippen LogP contribution in [0.25, 0.3) is 0 Å². The second kappa shape index (κ2) is 9.31. The normalized spacial score (nSPS) is 11.9. The third-order valence-electron chi connectivity index (χ3n) is 1.77. The van der Waals surface area contributed by atoms with Gasteiger partial charge in [0.25, 0.3) is 0 Å². The molecule has 0 aliphatic heterocycles. The molecular formula is C9H21O5P. The van der Waals surface area contributed by atoms with Crippen LogP contribution in [0.4, 0.5) is 0 Å². The fourth-order valence-electron chi connectivity index (χ4n) is 1.03. The minimum atomic E-state index is -4.01. The van der Waals surface area contributed by atoms with Gasteiger partial charge < -0.3 is 19.3 Å². The van der Waals surface area contributed by atoms with E-state index in [0.717, 1.165) is 6.42 Å². The molecule has 0 radical (unpaired) electrons. The van der Waals surface area contributed by atoms with Crippen molar-refractivity contribution in [2.75, 3.05) is 26.2 Å². The minimum Gasteiger partial charge on any atom is -0.379 e. The molecule has 0 rings (SSSR count). The standard InChI is InChI=1S/C9H21O5P/c1-2-3-4-5-6-13-7-8-14-9-15(10,11)12/h2-9H2,1H3,(H2,10,11,12). The van der Waals surface area contributed by atoms with E-state index in [1.165, 1.54) is 19.3 Å². The van der Waals surface area contributed by atoms with Crippen LogP contribution in [0.15, 0.2) is 0 Å². The fraction of sp³-hybridized carbons (Fsp3) is 1.00. The molecule has 2 N–H and O–H groups in total. The van der Waals surface area contributed by atoms with Crippen molar-refractivity contribution in [3.63, 3.8) is 0 Å². The molecule has 0 saturated carbocycles. The van der Waals surface area contributed by atoms with Gasteiger partial charge in [-0.25, -0.2) is 0 Å². The molecule has 0 unspecified atom stereocenters. The first-order chi connectivity index (χ1) is 7.06. The lowest BCUT2D eigenvalue weighted by Crippen LogP contribution is -2.06. The van der Waals surface area contributed by atoms with Crippen molar-refractivity contribution in [2.45, 2.75) is 32.6 Å². The maximum atomic E-state index is 10.4. The van der Waals surface area contributed by atoms with E-state index in [9.17, 15) is 4.57 Å². The maximum Gasteiger partial charge on any atom is 0.350 e. The van der Waals surface area contributed by atoms with Gasteiger partial charge in [-0.05, 0) is 6.42 Å². The Morgan fingerprint density at radius 1 is 1.00 bits per heavy atom. The zero-order valence-corrected chi connectivity index (χ0v) is 10.1. The van der Waals surface area contributed by atoms with Crippen molar-refractivity contribution in [3.8, 4) is 0 Å². The molecule has 0 bridgehead atoms. The van der Waals surface area contributed by atoms with Gasteiger partial charge in [-0.1, -0.05) is 26.2 Å². The van der Waals surface area contributed by atoms with Crippen molar-refractivity contribution in [1.82, 2.24) is 0 Å². The van der Waals surface area contributed by atoms with Crippen molar-refractivity contribution in [3.05, 3.63) is 0 Å². The highest BCUT2D eigenvalue weighted by Crippen LogP contribution is 2.33. The Balaban J connectivity index is 3.02. The Labute approximate surface area is 90.9 Å². The zero-order chi connectivity index (χ0) is 11.6. The van der Waals surface area contributed by atoms with E-state index >= 15 is 0 Å². The van der Waals surface area contributed by atoms with Gasteiger partial charge in [0, 0.05) is 6.61 Å². The Morgan fingerprint density at radius 3 is 2.27 bits per heavy atom. The predicted molar refractivity (Wildman–Crippen MR) is 57.8 cm³/mol. The van der Waals surface area contributed by atoms with Gasteiger partial charge in [0.15, 0.2) is 0 Å². The Bertz CT molecular complexity index is 179. The van der Waals surface area contributed by atoms with Crippen LogP contribution >= 0.6 is 7.60 Å². The van der Waals surface area contributed by atoms with Gasteiger partial charge in [0.05, 0.1) is 13.2 Å². The minimum absolute atomic E-state index is 0.235. The van der Waals surface area contributed by atoms with Crippen LogP contribution < -0.4 is 0 Å². The summed E-state index contributed by atoms with van der Waals surface area (Å²) in [5.74, 6) is 0. The van der Waals surface area contributed by atoms with Gasteiger partial charge in [0.2, 0.25) is 0 Å². The Morgan fingerprint density at radius 2 is 1.67 bits per heavy atom. The summed E-state index contributed by atoms with van der Waals surface area (Å²) >= 11 is 0. The summed E-state index contributed by atoms with van der Waals surface area (Å²) < 4.78 is 20.3. The molecule has 6 heteroatoms. The highest BCUT2D eigenvalue weighted by Gasteiger charge is 2.11. The van der Waals surface area contributed by atoms with Crippen LogP contribution in [0, 0.1) is 0 Å². The van der Waals surface area contributed by atoms with E-state index in [1.807, 2.05) is 0 Å². The predicted octanol–water partition coefficient (Wildman–Crippen LogP) is 1.74. The Kier molecular flexibility index (Phi) is 9.35. The molecule has 0 amide bonds. The SMILES string of the molecule is CCCCCCOCCOCP(=O)(O)O. The molecular weight excluding hydrogens is 219 g/mol. The third-order valence-corrected chi connectivity index (χ3v) is 2.29. The van der Waals surface area contributed by atoms with Gasteiger partial charge in [-0.3, -0.25) is 4.57 Å². The second-order valence-corrected chi connectivity index (χ2v) is 4.96. The van der Waals surface area contributed by atoms with E-state index in [-0.39, 0.29) is 6.61 Å². The molecule has 92 valence electrons. The lowest BCUT2D eigenvalue weighted by atomic mass is 10.2. The molecule has 0 aromatic heterocycles. The second-order valence-electron chi connectivity index (χ2n) is 3.38. The highest BCUT2D eigenvalue weighted by atomic mass is 31.2. The molecule has 0 aliphatic rings. The number of hydrogen-bond acceptors (Lipinski definition) is 3. The van der Waals surface area contributed by atoms with E-state index in [4.69, 9.17) is 19.3 Å². The lowest BCUT2D eigenvalue weighted by molar-refractivity contribution is 0.0574. The summed E-state index contributed by atoms with van der Waals surface area (Å²) in [6, 6.07) is 0. The summed E-state index contributed by atoms with van der Waals surface area (Å²) in [5, 5.41) is 0. The quantitative estimate of drug-likeness (QED) is 0.449. The average molecular weight is 240 g/mol. The van der Waals surface area contributed by atoms with E-state index in [0.29, 0.717) is 13.2 Å². The van der Waals surface area contributed by atoms with Crippen LogP contribution in [0.1, 0.15) is 32.6 Å².